The first kappa shape index (κ1) is 18.4. The molecule has 3 aromatic heterocycles. The predicted molar refractivity (Wildman–Crippen MR) is 108 cm³/mol. The van der Waals surface area contributed by atoms with E-state index in [0.29, 0.717) is 33.8 Å². The number of pyridine rings is 1. The van der Waals surface area contributed by atoms with Crippen molar-refractivity contribution in [3.63, 3.8) is 0 Å². The number of hydrogen-bond acceptors (Lipinski definition) is 6. The normalized spacial score (nSPS) is 10.9. The number of amides is 1. The summed E-state index contributed by atoms with van der Waals surface area (Å²) in [6, 6.07) is 16.6. The lowest BCUT2D eigenvalue weighted by molar-refractivity contribution is -0.118. The zero-order valence-electron chi connectivity index (χ0n) is 14.6. The topological polar surface area (TPSA) is 85.1 Å². The van der Waals surface area contributed by atoms with Gasteiger partial charge in [-0.2, -0.15) is 9.61 Å². The highest BCUT2D eigenvalue weighted by Gasteiger charge is 2.11. The minimum atomic E-state index is -0.0736. The molecule has 1 aromatic carbocycles. The number of nitrogens with zero attached hydrogens (tertiary/aromatic N) is 5. The van der Waals surface area contributed by atoms with Gasteiger partial charge >= 0.3 is 0 Å². The van der Waals surface area contributed by atoms with Crippen LogP contribution in [0.3, 0.4) is 0 Å². The van der Waals surface area contributed by atoms with Gasteiger partial charge in [0, 0.05) is 17.8 Å². The fourth-order valence-electron chi connectivity index (χ4n) is 2.50. The first-order valence-electron chi connectivity index (χ1n) is 8.47. The van der Waals surface area contributed by atoms with Crippen molar-refractivity contribution in [2.24, 2.45) is 0 Å². The summed E-state index contributed by atoms with van der Waals surface area (Å²) >= 11 is 7.21. The monoisotopic (exact) mass is 410 g/mol. The highest BCUT2D eigenvalue weighted by atomic mass is 35.5. The van der Waals surface area contributed by atoms with E-state index < -0.39 is 0 Å². The molecule has 0 spiro atoms. The Morgan fingerprint density at radius 3 is 2.71 bits per heavy atom. The molecule has 9 heteroatoms. The molecule has 4 aromatic rings. The van der Waals surface area contributed by atoms with Gasteiger partial charge in [-0.15, -0.1) is 10.2 Å². The van der Waals surface area contributed by atoms with Crippen molar-refractivity contribution in [1.29, 1.82) is 0 Å². The minimum absolute atomic E-state index is 0.0736. The van der Waals surface area contributed by atoms with Crippen molar-refractivity contribution < 1.29 is 4.79 Å². The summed E-state index contributed by atoms with van der Waals surface area (Å²) in [5, 5.41) is 17.1. The summed E-state index contributed by atoms with van der Waals surface area (Å²) in [5.41, 5.74) is 2.30. The van der Waals surface area contributed by atoms with Crippen molar-refractivity contribution in [2.45, 2.75) is 11.6 Å². The number of rotatable bonds is 6. The van der Waals surface area contributed by atoms with Gasteiger partial charge in [-0.3, -0.25) is 9.78 Å². The summed E-state index contributed by atoms with van der Waals surface area (Å²) in [7, 11) is 0. The zero-order chi connectivity index (χ0) is 19.3. The second-order valence-corrected chi connectivity index (χ2v) is 7.30. The van der Waals surface area contributed by atoms with Gasteiger partial charge in [0.25, 0.3) is 0 Å². The van der Waals surface area contributed by atoms with Crippen molar-refractivity contribution in [3.8, 4) is 11.5 Å². The second kappa shape index (κ2) is 8.37. The number of carbonyl (C=O) groups is 1. The number of aromatic nitrogens is 5. The average Bonchev–Trinajstić information content (AvgIpc) is 3.16. The third-order valence-electron chi connectivity index (χ3n) is 3.89. The number of fused-ring (bicyclic) bond motifs is 1. The Morgan fingerprint density at radius 1 is 1.07 bits per heavy atom. The zero-order valence-corrected chi connectivity index (χ0v) is 16.2. The van der Waals surface area contributed by atoms with Gasteiger partial charge in [0.15, 0.2) is 5.65 Å². The van der Waals surface area contributed by atoms with Crippen LogP contribution in [0.2, 0.25) is 5.02 Å². The number of benzene rings is 1. The molecule has 0 atom stereocenters. The Balaban J connectivity index is 1.40. The fraction of sp³-hybridized carbons (Fsp3) is 0.105. The third kappa shape index (κ3) is 4.29. The Labute approximate surface area is 170 Å². The Kier molecular flexibility index (Phi) is 5.50. The Bertz CT molecular complexity index is 1100. The molecule has 0 unspecified atom stereocenters. The van der Waals surface area contributed by atoms with Gasteiger partial charge in [0.1, 0.15) is 10.7 Å². The molecule has 0 aliphatic heterocycles. The van der Waals surface area contributed by atoms with Crippen molar-refractivity contribution >= 4 is 34.9 Å². The van der Waals surface area contributed by atoms with Crippen LogP contribution >= 0.6 is 23.4 Å². The molecule has 0 saturated carbocycles. The molecule has 140 valence electrons. The fourth-order valence-corrected chi connectivity index (χ4v) is 3.31. The van der Waals surface area contributed by atoms with Crippen LogP contribution in [0.4, 0.5) is 0 Å². The molecule has 28 heavy (non-hydrogen) atoms. The van der Waals surface area contributed by atoms with E-state index in [9.17, 15) is 4.79 Å². The molecule has 1 N–H and O–H groups in total. The van der Waals surface area contributed by atoms with Crippen molar-refractivity contribution in [1.82, 2.24) is 30.1 Å². The molecule has 0 aliphatic carbocycles. The molecule has 0 radical (unpaired) electrons. The molecule has 3 heterocycles. The van der Waals surface area contributed by atoms with E-state index in [1.807, 2.05) is 42.5 Å². The first-order valence-corrected chi connectivity index (χ1v) is 9.83. The van der Waals surface area contributed by atoms with Gasteiger partial charge in [-0.1, -0.05) is 41.6 Å². The van der Waals surface area contributed by atoms with Crippen LogP contribution in [0.15, 0.2) is 65.8 Å². The lowest BCUT2D eigenvalue weighted by Crippen LogP contribution is -2.24. The highest BCUT2D eigenvalue weighted by Crippen LogP contribution is 2.19. The molecule has 0 fully saturated rings. The molecule has 0 saturated heterocycles. The van der Waals surface area contributed by atoms with Gasteiger partial charge in [-0.05, 0) is 42.0 Å². The van der Waals surface area contributed by atoms with Crippen LogP contribution in [-0.4, -0.2) is 36.5 Å². The number of thioether (sulfide) groups is 1. The van der Waals surface area contributed by atoms with Crippen LogP contribution in [0, 0.1) is 0 Å². The predicted octanol–water partition coefficient (Wildman–Crippen LogP) is 3.25. The van der Waals surface area contributed by atoms with Crippen LogP contribution in [0.1, 0.15) is 5.56 Å². The van der Waals surface area contributed by atoms with Crippen molar-refractivity contribution in [3.05, 3.63) is 71.4 Å². The van der Waals surface area contributed by atoms with Crippen LogP contribution in [0.25, 0.3) is 17.2 Å². The van der Waals surface area contributed by atoms with Crippen molar-refractivity contribution in [2.75, 3.05) is 5.75 Å². The van der Waals surface area contributed by atoms with E-state index in [1.165, 1.54) is 11.8 Å². The van der Waals surface area contributed by atoms with Gasteiger partial charge in [0.05, 0.1) is 5.75 Å². The van der Waals surface area contributed by atoms with Crippen LogP contribution in [-0.2, 0) is 11.3 Å². The van der Waals surface area contributed by atoms with Crippen LogP contribution in [0.5, 0.6) is 0 Å². The van der Waals surface area contributed by atoms with E-state index in [0.717, 1.165) is 5.56 Å². The SMILES string of the molecule is O=C(CSc1ccc2nnc(-c3ccccn3)n2n1)NCc1ccc(Cl)cc1. The summed E-state index contributed by atoms with van der Waals surface area (Å²) in [4.78, 5) is 16.4. The van der Waals surface area contributed by atoms with Gasteiger partial charge in [0.2, 0.25) is 11.7 Å². The Morgan fingerprint density at radius 2 is 1.93 bits per heavy atom. The quantitative estimate of drug-likeness (QED) is 0.491. The highest BCUT2D eigenvalue weighted by molar-refractivity contribution is 7.99. The van der Waals surface area contributed by atoms with E-state index in [4.69, 9.17) is 11.6 Å². The smallest absolute Gasteiger partial charge is 0.230 e. The molecular weight excluding hydrogens is 396 g/mol. The minimum Gasteiger partial charge on any atom is -0.351 e. The lowest BCUT2D eigenvalue weighted by Gasteiger charge is -2.06. The van der Waals surface area contributed by atoms with E-state index in [1.54, 1.807) is 22.8 Å². The van der Waals surface area contributed by atoms with E-state index >= 15 is 0 Å². The maximum Gasteiger partial charge on any atom is 0.230 e. The van der Waals surface area contributed by atoms with Gasteiger partial charge in [-0.25, -0.2) is 0 Å². The first-order chi connectivity index (χ1) is 13.7. The average molecular weight is 411 g/mol. The van der Waals surface area contributed by atoms with Crippen LogP contribution < -0.4 is 5.32 Å². The summed E-state index contributed by atoms with van der Waals surface area (Å²) < 4.78 is 1.64. The number of halogens is 1. The number of hydrogen-bond donors (Lipinski definition) is 1. The molecule has 4 rings (SSSR count). The van der Waals surface area contributed by atoms with E-state index in [-0.39, 0.29) is 11.7 Å². The summed E-state index contributed by atoms with van der Waals surface area (Å²) in [6.07, 6.45) is 1.69. The number of nitrogens with one attached hydrogen (secondary N) is 1. The number of carbonyl (C=O) groups excluding carboxylic acids is 1. The lowest BCUT2D eigenvalue weighted by atomic mass is 10.2. The standard InChI is InChI=1S/C19H15ClN6OS/c20-14-6-4-13(5-7-14)11-22-17(27)12-28-18-9-8-16-23-24-19(26(16)25-18)15-3-1-2-10-21-15/h1-10H,11-12H2,(H,22,27). The summed E-state index contributed by atoms with van der Waals surface area (Å²) in [5.74, 6) is 0.744. The van der Waals surface area contributed by atoms with Gasteiger partial charge < -0.3 is 5.32 Å². The molecule has 1 amide bonds. The Hall–Kier alpha value is -2.97. The second-order valence-electron chi connectivity index (χ2n) is 5.87. The maximum absolute atomic E-state index is 12.1. The molecule has 0 bridgehead atoms. The maximum atomic E-state index is 12.1. The molecule has 7 nitrogen and oxygen atoms in total. The largest absolute Gasteiger partial charge is 0.351 e. The third-order valence-corrected chi connectivity index (χ3v) is 5.06. The summed E-state index contributed by atoms with van der Waals surface area (Å²) in [6.45, 7) is 0.457. The van der Waals surface area contributed by atoms with E-state index in [2.05, 4.69) is 25.6 Å². The molecular formula is C19H15ClN6OS. The molecule has 0 aliphatic rings.